The van der Waals surface area contributed by atoms with Crippen LogP contribution in [0.1, 0.15) is 12.8 Å². The van der Waals surface area contributed by atoms with E-state index in [1.165, 1.54) is 0 Å². The molecule has 1 rings (SSSR count). The van der Waals surface area contributed by atoms with Gasteiger partial charge in [-0.05, 0) is 37.6 Å². The normalized spacial score (nSPS) is 10.2. The Bertz CT molecular complexity index is 273. The van der Waals surface area contributed by atoms with Crippen LogP contribution in [0.4, 0.5) is 0 Å². The number of hydrogen-bond donors (Lipinski definition) is 1. The van der Waals surface area contributed by atoms with E-state index in [9.17, 15) is 0 Å². The predicted octanol–water partition coefficient (Wildman–Crippen LogP) is 3.22. The van der Waals surface area contributed by atoms with Crippen LogP contribution in [0, 0.1) is 0 Å². The van der Waals surface area contributed by atoms with Crippen LogP contribution in [-0.4, -0.2) is 13.2 Å². The minimum Gasteiger partial charge on any atom is -0.494 e. The van der Waals surface area contributed by atoms with E-state index < -0.39 is 0 Å². The van der Waals surface area contributed by atoms with E-state index in [0.717, 1.165) is 23.1 Å². The van der Waals surface area contributed by atoms with Crippen molar-refractivity contribution in [3.63, 3.8) is 0 Å². The summed E-state index contributed by atoms with van der Waals surface area (Å²) in [6.45, 7) is 1.40. The zero-order valence-electron chi connectivity index (χ0n) is 7.80. The summed E-state index contributed by atoms with van der Waals surface area (Å²) < 4.78 is 6.43. The van der Waals surface area contributed by atoms with E-state index in [1.807, 2.05) is 12.1 Å². The highest BCUT2D eigenvalue weighted by Gasteiger charge is 1.98. The molecule has 0 saturated heterocycles. The highest BCUT2D eigenvalue weighted by atomic mass is 79.9. The van der Waals surface area contributed by atoms with E-state index in [4.69, 9.17) is 22.1 Å². The summed E-state index contributed by atoms with van der Waals surface area (Å²) >= 11 is 9.21. The van der Waals surface area contributed by atoms with Gasteiger partial charge in [-0.3, -0.25) is 0 Å². The van der Waals surface area contributed by atoms with Crippen molar-refractivity contribution in [1.82, 2.24) is 0 Å². The lowest BCUT2D eigenvalue weighted by atomic mass is 10.3. The molecule has 0 saturated carbocycles. The average molecular weight is 279 g/mol. The molecule has 0 fully saturated rings. The zero-order chi connectivity index (χ0) is 10.4. The third kappa shape index (κ3) is 4.31. The quantitative estimate of drug-likeness (QED) is 0.839. The lowest BCUT2D eigenvalue weighted by molar-refractivity contribution is 0.307. The maximum Gasteiger partial charge on any atom is 0.121 e. The topological polar surface area (TPSA) is 35.2 Å². The van der Waals surface area contributed by atoms with Crippen molar-refractivity contribution in [3.05, 3.63) is 27.7 Å². The smallest absolute Gasteiger partial charge is 0.121 e. The minimum absolute atomic E-state index is 0.674. The van der Waals surface area contributed by atoms with Gasteiger partial charge in [0, 0.05) is 9.50 Å². The van der Waals surface area contributed by atoms with E-state index in [2.05, 4.69) is 15.9 Å². The summed E-state index contributed by atoms with van der Waals surface area (Å²) in [5, 5.41) is 0.674. The van der Waals surface area contributed by atoms with Crippen LogP contribution in [-0.2, 0) is 0 Å². The molecule has 1 aromatic carbocycles. The largest absolute Gasteiger partial charge is 0.494 e. The van der Waals surface area contributed by atoms with Crippen molar-refractivity contribution in [2.75, 3.05) is 13.2 Å². The lowest BCUT2D eigenvalue weighted by Gasteiger charge is -2.06. The third-order valence-corrected chi connectivity index (χ3v) is 2.38. The second-order valence-corrected chi connectivity index (χ2v) is 4.30. The summed E-state index contributed by atoms with van der Waals surface area (Å²) in [5.41, 5.74) is 5.37. The van der Waals surface area contributed by atoms with Gasteiger partial charge in [-0.15, -0.1) is 0 Å². The fourth-order valence-electron chi connectivity index (χ4n) is 1.05. The molecule has 0 bridgehead atoms. The maximum absolute atomic E-state index is 5.86. The first-order valence-corrected chi connectivity index (χ1v) is 5.68. The molecule has 1 aromatic rings. The number of nitrogens with two attached hydrogens (primary N) is 1. The molecule has 0 heterocycles. The van der Waals surface area contributed by atoms with Crippen LogP contribution < -0.4 is 10.5 Å². The van der Waals surface area contributed by atoms with Crippen molar-refractivity contribution < 1.29 is 4.74 Å². The molecule has 0 spiro atoms. The van der Waals surface area contributed by atoms with Crippen LogP contribution in [0.25, 0.3) is 0 Å². The Morgan fingerprint density at radius 3 is 2.71 bits per heavy atom. The molecule has 0 amide bonds. The van der Waals surface area contributed by atoms with Crippen molar-refractivity contribution >= 4 is 27.5 Å². The molecule has 2 N–H and O–H groups in total. The minimum atomic E-state index is 0.674. The van der Waals surface area contributed by atoms with E-state index in [-0.39, 0.29) is 0 Å². The fourth-order valence-corrected chi connectivity index (χ4v) is 1.88. The molecule has 0 aliphatic carbocycles. The molecular weight excluding hydrogens is 265 g/mol. The Labute approximate surface area is 97.5 Å². The Morgan fingerprint density at radius 1 is 1.29 bits per heavy atom. The molecule has 0 aliphatic heterocycles. The molecular formula is C10H13BrClNO. The van der Waals surface area contributed by atoms with Gasteiger partial charge in [-0.25, -0.2) is 0 Å². The first-order chi connectivity index (χ1) is 6.72. The Balaban J connectivity index is 2.42. The molecule has 4 heteroatoms. The predicted molar refractivity (Wildman–Crippen MR) is 62.9 cm³/mol. The zero-order valence-corrected chi connectivity index (χ0v) is 10.1. The Hall–Kier alpha value is -0.250. The van der Waals surface area contributed by atoms with Crippen LogP contribution in [0.5, 0.6) is 5.75 Å². The standard InChI is InChI=1S/C10H13BrClNO/c11-8-5-9(12)7-10(6-8)14-4-2-1-3-13/h5-7H,1-4,13H2. The van der Waals surface area contributed by atoms with E-state index >= 15 is 0 Å². The van der Waals surface area contributed by atoms with Gasteiger partial charge in [0.25, 0.3) is 0 Å². The second kappa shape index (κ2) is 6.27. The highest BCUT2D eigenvalue weighted by molar-refractivity contribution is 9.10. The van der Waals surface area contributed by atoms with Gasteiger partial charge in [-0.2, -0.15) is 0 Å². The molecule has 0 radical (unpaired) electrons. The number of unbranched alkanes of at least 4 members (excludes halogenated alkanes) is 1. The van der Waals surface area contributed by atoms with Crippen molar-refractivity contribution in [2.24, 2.45) is 5.73 Å². The number of rotatable bonds is 5. The van der Waals surface area contributed by atoms with Gasteiger partial charge in [0.2, 0.25) is 0 Å². The number of benzene rings is 1. The van der Waals surface area contributed by atoms with Crippen molar-refractivity contribution in [3.8, 4) is 5.75 Å². The Kier molecular flexibility index (Phi) is 5.30. The van der Waals surface area contributed by atoms with Crippen molar-refractivity contribution in [1.29, 1.82) is 0 Å². The van der Waals surface area contributed by atoms with Gasteiger partial charge in [0.15, 0.2) is 0 Å². The van der Waals surface area contributed by atoms with Crippen LogP contribution in [0.15, 0.2) is 22.7 Å². The number of ether oxygens (including phenoxy) is 1. The maximum atomic E-state index is 5.86. The van der Waals surface area contributed by atoms with Gasteiger partial charge < -0.3 is 10.5 Å². The summed E-state index contributed by atoms with van der Waals surface area (Å²) in [6.07, 6.45) is 1.96. The lowest BCUT2D eigenvalue weighted by Crippen LogP contribution is -2.03. The van der Waals surface area contributed by atoms with Crippen molar-refractivity contribution in [2.45, 2.75) is 12.8 Å². The summed E-state index contributed by atoms with van der Waals surface area (Å²) in [4.78, 5) is 0. The summed E-state index contributed by atoms with van der Waals surface area (Å²) in [5.74, 6) is 0.793. The van der Waals surface area contributed by atoms with Crippen LogP contribution in [0.3, 0.4) is 0 Å². The number of hydrogen-bond acceptors (Lipinski definition) is 2. The number of halogens is 2. The van der Waals surface area contributed by atoms with Gasteiger partial charge >= 0.3 is 0 Å². The summed E-state index contributed by atoms with van der Waals surface area (Å²) in [7, 11) is 0. The molecule has 0 aromatic heterocycles. The van der Waals surface area contributed by atoms with Crippen LogP contribution in [0.2, 0.25) is 5.02 Å². The second-order valence-electron chi connectivity index (χ2n) is 2.95. The molecule has 0 atom stereocenters. The monoisotopic (exact) mass is 277 g/mol. The first kappa shape index (κ1) is 11.8. The van der Waals surface area contributed by atoms with Gasteiger partial charge in [0.05, 0.1) is 6.61 Å². The highest BCUT2D eigenvalue weighted by Crippen LogP contribution is 2.24. The SMILES string of the molecule is NCCCCOc1cc(Cl)cc(Br)c1. The fraction of sp³-hybridized carbons (Fsp3) is 0.400. The average Bonchev–Trinajstić information content (AvgIpc) is 2.11. The van der Waals surface area contributed by atoms with E-state index in [0.29, 0.717) is 18.2 Å². The summed E-state index contributed by atoms with van der Waals surface area (Å²) in [6, 6.07) is 5.53. The van der Waals surface area contributed by atoms with E-state index in [1.54, 1.807) is 6.07 Å². The molecule has 78 valence electrons. The molecule has 0 unspecified atom stereocenters. The van der Waals surface area contributed by atoms with Crippen LogP contribution >= 0.6 is 27.5 Å². The third-order valence-electron chi connectivity index (χ3n) is 1.70. The van der Waals surface area contributed by atoms with Gasteiger partial charge in [-0.1, -0.05) is 27.5 Å². The first-order valence-electron chi connectivity index (χ1n) is 4.51. The Morgan fingerprint density at radius 2 is 2.07 bits per heavy atom. The van der Waals surface area contributed by atoms with Gasteiger partial charge in [0.1, 0.15) is 5.75 Å². The molecule has 0 aliphatic rings. The molecule has 14 heavy (non-hydrogen) atoms. The molecule has 2 nitrogen and oxygen atoms in total.